The van der Waals surface area contributed by atoms with Gasteiger partial charge < -0.3 is 15.4 Å². The molecule has 2 aromatic rings. The van der Waals surface area contributed by atoms with Gasteiger partial charge >= 0.3 is 0 Å². The second-order valence-electron chi connectivity index (χ2n) is 5.81. The van der Waals surface area contributed by atoms with E-state index >= 15 is 0 Å². The van der Waals surface area contributed by atoms with Gasteiger partial charge in [-0.3, -0.25) is 4.79 Å². The Kier molecular flexibility index (Phi) is 6.01. The van der Waals surface area contributed by atoms with Crippen LogP contribution in [0.3, 0.4) is 0 Å². The summed E-state index contributed by atoms with van der Waals surface area (Å²) in [7, 11) is 0. The number of carbonyl (C=O) groups is 1. The first-order chi connectivity index (χ1) is 11.7. The third-order valence-corrected chi connectivity index (χ3v) is 4.44. The summed E-state index contributed by atoms with van der Waals surface area (Å²) < 4.78 is 8.34. The Bertz CT molecular complexity index is 665. The van der Waals surface area contributed by atoms with Gasteiger partial charge in [0.15, 0.2) is 0 Å². The van der Waals surface area contributed by atoms with Gasteiger partial charge in [0, 0.05) is 23.7 Å². The molecule has 1 aliphatic heterocycles. The van der Waals surface area contributed by atoms with Gasteiger partial charge in [-0.1, -0.05) is 28.1 Å². The van der Waals surface area contributed by atoms with Crippen LogP contribution in [0, 0.1) is 0 Å². The van der Waals surface area contributed by atoms with Gasteiger partial charge in [-0.2, -0.15) is 5.10 Å². The fourth-order valence-corrected chi connectivity index (χ4v) is 2.93. The number of halogens is 1. The molecule has 1 amide bonds. The van der Waals surface area contributed by atoms with Gasteiger partial charge in [-0.25, -0.2) is 4.68 Å². The third kappa shape index (κ3) is 4.90. The molecule has 1 aliphatic rings. The molecule has 1 atom stereocenters. The summed E-state index contributed by atoms with van der Waals surface area (Å²) in [5, 5.41) is 10.3. The highest BCUT2D eigenvalue weighted by Gasteiger charge is 2.15. The van der Waals surface area contributed by atoms with Crippen molar-refractivity contribution in [3.63, 3.8) is 0 Å². The van der Waals surface area contributed by atoms with Crippen LogP contribution in [0.1, 0.15) is 18.4 Å². The van der Waals surface area contributed by atoms with E-state index in [1.54, 1.807) is 16.9 Å². The summed E-state index contributed by atoms with van der Waals surface area (Å²) in [6, 6.07) is 9.84. The summed E-state index contributed by atoms with van der Waals surface area (Å²) in [6.07, 6.45) is 4.09. The summed E-state index contributed by atoms with van der Waals surface area (Å²) in [5.74, 6) is 0.618. The van der Waals surface area contributed by atoms with Gasteiger partial charge in [-0.05, 0) is 30.5 Å². The minimum absolute atomic E-state index is 0.0782. The molecular weight excluding hydrogens is 372 g/mol. The zero-order valence-corrected chi connectivity index (χ0v) is 15.0. The monoisotopic (exact) mass is 392 g/mol. The molecular formula is C17H21BrN4O2. The number of benzene rings is 1. The lowest BCUT2D eigenvalue weighted by Gasteiger charge is -2.12. The van der Waals surface area contributed by atoms with Gasteiger partial charge in [-0.15, -0.1) is 0 Å². The van der Waals surface area contributed by atoms with Crippen LogP contribution in [0.5, 0.6) is 0 Å². The predicted octanol–water partition coefficient (Wildman–Crippen LogP) is 2.40. The smallest absolute Gasteiger partial charge is 0.239 e. The first-order valence-electron chi connectivity index (χ1n) is 8.09. The zero-order chi connectivity index (χ0) is 16.8. The minimum atomic E-state index is -0.0782. The van der Waals surface area contributed by atoms with E-state index in [1.807, 2.05) is 24.3 Å². The van der Waals surface area contributed by atoms with E-state index in [0.717, 1.165) is 29.5 Å². The van der Waals surface area contributed by atoms with Gasteiger partial charge in [0.05, 0.1) is 25.4 Å². The van der Waals surface area contributed by atoms with E-state index in [9.17, 15) is 4.79 Å². The fraction of sp³-hybridized carbons (Fsp3) is 0.412. The topological polar surface area (TPSA) is 68.2 Å². The maximum atomic E-state index is 12.1. The average molecular weight is 393 g/mol. The molecule has 1 fully saturated rings. The largest absolute Gasteiger partial charge is 0.377 e. The molecule has 2 heterocycles. The number of rotatable bonds is 7. The molecule has 0 bridgehead atoms. The van der Waals surface area contributed by atoms with Crippen molar-refractivity contribution in [2.75, 3.05) is 25.0 Å². The predicted molar refractivity (Wildman–Crippen MR) is 95.9 cm³/mol. The summed E-state index contributed by atoms with van der Waals surface area (Å²) in [4.78, 5) is 12.1. The maximum Gasteiger partial charge on any atom is 0.239 e. The second kappa shape index (κ2) is 8.41. The quantitative estimate of drug-likeness (QED) is 0.758. The number of ether oxygens (including phenoxy) is 1. The van der Waals surface area contributed by atoms with Crippen LogP contribution in [0.2, 0.25) is 0 Å². The molecule has 3 rings (SSSR count). The lowest BCUT2D eigenvalue weighted by atomic mass is 10.2. The Labute approximate surface area is 149 Å². The van der Waals surface area contributed by atoms with Crippen molar-refractivity contribution in [2.24, 2.45) is 0 Å². The number of anilines is 1. The Balaban J connectivity index is 1.49. The first kappa shape index (κ1) is 17.1. The molecule has 0 aliphatic carbocycles. The summed E-state index contributed by atoms with van der Waals surface area (Å²) in [5.41, 5.74) is 1.12. The van der Waals surface area contributed by atoms with Crippen LogP contribution in [0.4, 0.5) is 5.82 Å². The van der Waals surface area contributed by atoms with Crippen molar-refractivity contribution in [3.05, 3.63) is 46.6 Å². The van der Waals surface area contributed by atoms with Gasteiger partial charge in [0.2, 0.25) is 5.91 Å². The zero-order valence-electron chi connectivity index (χ0n) is 13.4. The number of amides is 1. The van der Waals surface area contributed by atoms with E-state index in [4.69, 9.17) is 4.74 Å². The summed E-state index contributed by atoms with van der Waals surface area (Å²) >= 11 is 3.42. The van der Waals surface area contributed by atoms with Crippen LogP contribution >= 0.6 is 15.9 Å². The lowest BCUT2D eigenvalue weighted by molar-refractivity contribution is -0.115. The highest BCUT2D eigenvalue weighted by Crippen LogP contribution is 2.14. The van der Waals surface area contributed by atoms with Crippen molar-refractivity contribution in [2.45, 2.75) is 25.5 Å². The number of hydrogen-bond acceptors (Lipinski definition) is 4. The van der Waals surface area contributed by atoms with E-state index in [2.05, 4.69) is 31.7 Å². The standard InChI is InChI=1S/C17H21BrN4O2/c18-14-5-3-13(4-6-14)12-22-16(7-8-20-22)21-17(23)11-19-10-15-2-1-9-24-15/h3-8,15,19H,1-2,9-12H2,(H,21,23). The molecule has 6 nitrogen and oxygen atoms in total. The van der Waals surface area contributed by atoms with Crippen molar-refractivity contribution in [1.82, 2.24) is 15.1 Å². The molecule has 7 heteroatoms. The number of carbonyl (C=O) groups excluding carboxylic acids is 1. The molecule has 0 saturated carbocycles. The molecule has 1 aromatic carbocycles. The molecule has 2 N–H and O–H groups in total. The van der Waals surface area contributed by atoms with E-state index in [0.29, 0.717) is 18.9 Å². The van der Waals surface area contributed by atoms with Gasteiger partial charge in [0.1, 0.15) is 5.82 Å². The number of nitrogens with zero attached hydrogens (tertiary/aromatic N) is 2. The van der Waals surface area contributed by atoms with E-state index in [-0.39, 0.29) is 18.6 Å². The molecule has 1 saturated heterocycles. The van der Waals surface area contributed by atoms with E-state index < -0.39 is 0 Å². The SMILES string of the molecule is O=C(CNCC1CCCO1)Nc1ccnn1Cc1ccc(Br)cc1. The van der Waals surface area contributed by atoms with Crippen LogP contribution in [0.15, 0.2) is 41.0 Å². The molecule has 1 unspecified atom stereocenters. The Morgan fingerprint density at radius 1 is 1.33 bits per heavy atom. The van der Waals surface area contributed by atoms with E-state index in [1.165, 1.54) is 0 Å². The summed E-state index contributed by atoms with van der Waals surface area (Å²) in [6.45, 7) is 2.42. The number of nitrogens with one attached hydrogen (secondary N) is 2. The number of hydrogen-bond donors (Lipinski definition) is 2. The molecule has 1 aromatic heterocycles. The molecule has 24 heavy (non-hydrogen) atoms. The normalized spacial score (nSPS) is 17.1. The first-order valence-corrected chi connectivity index (χ1v) is 8.88. The van der Waals surface area contributed by atoms with Crippen LogP contribution < -0.4 is 10.6 Å². The maximum absolute atomic E-state index is 12.1. The average Bonchev–Trinajstić information content (AvgIpc) is 3.22. The van der Waals surface area contributed by atoms with Crippen molar-refractivity contribution < 1.29 is 9.53 Å². The molecule has 0 spiro atoms. The fourth-order valence-electron chi connectivity index (χ4n) is 2.67. The van der Waals surface area contributed by atoms with Crippen molar-refractivity contribution >= 4 is 27.7 Å². The highest BCUT2D eigenvalue weighted by molar-refractivity contribution is 9.10. The molecule has 0 radical (unpaired) electrons. The van der Waals surface area contributed by atoms with Crippen LogP contribution in [0.25, 0.3) is 0 Å². The van der Waals surface area contributed by atoms with Crippen molar-refractivity contribution in [3.8, 4) is 0 Å². The highest BCUT2D eigenvalue weighted by atomic mass is 79.9. The molecule has 128 valence electrons. The Morgan fingerprint density at radius 3 is 2.92 bits per heavy atom. The lowest BCUT2D eigenvalue weighted by Crippen LogP contribution is -2.34. The van der Waals surface area contributed by atoms with Gasteiger partial charge in [0.25, 0.3) is 0 Å². The second-order valence-corrected chi connectivity index (χ2v) is 6.73. The third-order valence-electron chi connectivity index (χ3n) is 3.91. The minimum Gasteiger partial charge on any atom is -0.377 e. The Hall–Kier alpha value is -1.70. The number of aromatic nitrogens is 2. The van der Waals surface area contributed by atoms with Crippen molar-refractivity contribution in [1.29, 1.82) is 0 Å². The Morgan fingerprint density at radius 2 is 2.17 bits per heavy atom. The van der Waals surface area contributed by atoms with Crippen LogP contribution in [-0.2, 0) is 16.1 Å². The van der Waals surface area contributed by atoms with Crippen LogP contribution in [-0.4, -0.2) is 41.5 Å².